The molecule has 0 aromatic rings. The Labute approximate surface area is 135 Å². The Balaban J connectivity index is 1.81. The van der Waals surface area contributed by atoms with Crippen LogP contribution in [0.2, 0.25) is 0 Å². The van der Waals surface area contributed by atoms with Crippen LogP contribution >= 0.6 is 0 Å². The fourth-order valence-electron chi connectivity index (χ4n) is 2.97. The summed E-state index contributed by atoms with van der Waals surface area (Å²) in [6, 6.07) is 0. The Morgan fingerprint density at radius 3 is 2.18 bits per heavy atom. The second-order valence-corrected chi connectivity index (χ2v) is 8.64. The Bertz CT molecular complexity index is 339. The molecule has 22 heavy (non-hydrogen) atoms. The summed E-state index contributed by atoms with van der Waals surface area (Å²) in [5.74, 6) is 0. The lowest BCUT2D eigenvalue weighted by atomic mass is 9.80. The van der Waals surface area contributed by atoms with Crippen LogP contribution in [0.15, 0.2) is 0 Å². The molecule has 2 heterocycles. The maximum absolute atomic E-state index is 6.25. The van der Waals surface area contributed by atoms with Crippen molar-refractivity contribution in [1.82, 2.24) is 0 Å². The molecule has 4 atom stereocenters. The number of rotatable bonds is 4. The minimum atomic E-state index is 0.0954. The highest BCUT2D eigenvalue weighted by Crippen LogP contribution is 2.34. The number of hydrogen-bond acceptors (Lipinski definition) is 4. The fraction of sp³-hybridized carbons (Fsp3) is 1.00. The van der Waals surface area contributed by atoms with Crippen molar-refractivity contribution >= 4 is 0 Å². The van der Waals surface area contributed by atoms with Crippen LogP contribution in [0, 0.1) is 10.8 Å². The van der Waals surface area contributed by atoms with Gasteiger partial charge in [0.15, 0.2) is 0 Å². The van der Waals surface area contributed by atoms with E-state index in [4.69, 9.17) is 18.9 Å². The third-order valence-electron chi connectivity index (χ3n) is 4.94. The lowest BCUT2D eigenvalue weighted by Crippen LogP contribution is -2.45. The average molecular weight is 314 g/mol. The molecule has 0 spiro atoms. The van der Waals surface area contributed by atoms with Gasteiger partial charge in [0, 0.05) is 0 Å². The SMILES string of the molecule is CC1COC(C(C)(C)CCC2COCC(C(C)(C)C)O2)CO1. The molecule has 0 saturated carbocycles. The van der Waals surface area contributed by atoms with E-state index in [0.29, 0.717) is 26.4 Å². The molecule has 0 N–H and O–H groups in total. The molecular weight excluding hydrogens is 280 g/mol. The minimum absolute atomic E-state index is 0.0954. The van der Waals surface area contributed by atoms with E-state index < -0.39 is 0 Å². The minimum Gasteiger partial charge on any atom is -0.376 e. The molecule has 0 aromatic heterocycles. The van der Waals surface area contributed by atoms with Gasteiger partial charge in [0.05, 0.1) is 50.8 Å². The molecule has 4 nitrogen and oxygen atoms in total. The van der Waals surface area contributed by atoms with E-state index in [1.54, 1.807) is 0 Å². The summed E-state index contributed by atoms with van der Waals surface area (Å²) < 4.78 is 23.7. The van der Waals surface area contributed by atoms with Crippen LogP contribution in [0.5, 0.6) is 0 Å². The monoisotopic (exact) mass is 314 g/mol. The Morgan fingerprint density at radius 2 is 1.59 bits per heavy atom. The summed E-state index contributed by atoms with van der Waals surface area (Å²) in [5.41, 5.74) is 0.225. The van der Waals surface area contributed by atoms with E-state index in [2.05, 4.69) is 41.5 Å². The van der Waals surface area contributed by atoms with E-state index in [0.717, 1.165) is 12.8 Å². The van der Waals surface area contributed by atoms with E-state index in [1.165, 1.54) is 0 Å². The van der Waals surface area contributed by atoms with E-state index >= 15 is 0 Å². The first-order chi connectivity index (χ1) is 10.2. The molecular formula is C18H34O4. The van der Waals surface area contributed by atoms with Gasteiger partial charge in [-0.3, -0.25) is 0 Å². The summed E-state index contributed by atoms with van der Waals surface area (Å²) in [7, 11) is 0. The van der Waals surface area contributed by atoms with Crippen LogP contribution < -0.4 is 0 Å². The summed E-state index contributed by atoms with van der Waals surface area (Å²) in [5, 5.41) is 0. The van der Waals surface area contributed by atoms with Crippen molar-refractivity contribution in [2.45, 2.75) is 78.8 Å². The third kappa shape index (κ3) is 4.92. The average Bonchev–Trinajstić information content (AvgIpc) is 2.45. The summed E-state index contributed by atoms with van der Waals surface area (Å²) in [6.45, 7) is 16.0. The third-order valence-corrected chi connectivity index (χ3v) is 4.94. The van der Waals surface area contributed by atoms with Gasteiger partial charge >= 0.3 is 0 Å². The van der Waals surface area contributed by atoms with Crippen molar-refractivity contribution in [3.05, 3.63) is 0 Å². The van der Waals surface area contributed by atoms with Gasteiger partial charge in [0.1, 0.15) is 0 Å². The van der Waals surface area contributed by atoms with Gasteiger partial charge in [-0.15, -0.1) is 0 Å². The highest BCUT2D eigenvalue weighted by Gasteiger charge is 2.36. The van der Waals surface area contributed by atoms with Crippen molar-refractivity contribution in [2.24, 2.45) is 10.8 Å². The standard InChI is InChI=1S/C18H34O4/c1-13-9-21-16(12-20-13)18(5,6)8-7-14-10-19-11-15(22-14)17(2,3)4/h13-16H,7-12H2,1-6H3. The van der Waals surface area contributed by atoms with E-state index in [1.807, 2.05) is 0 Å². The van der Waals surface area contributed by atoms with Crippen molar-refractivity contribution in [3.63, 3.8) is 0 Å². The predicted octanol–water partition coefficient (Wildman–Crippen LogP) is 3.43. The molecule has 4 heteroatoms. The highest BCUT2D eigenvalue weighted by molar-refractivity contribution is 4.84. The molecule has 2 rings (SSSR count). The van der Waals surface area contributed by atoms with Gasteiger partial charge in [-0.05, 0) is 30.6 Å². The Kier molecular flexibility index (Phi) is 5.92. The van der Waals surface area contributed by atoms with Crippen LogP contribution in [0.25, 0.3) is 0 Å². The first-order valence-corrected chi connectivity index (χ1v) is 8.65. The topological polar surface area (TPSA) is 36.9 Å². The normalized spacial score (nSPS) is 34.6. The van der Waals surface area contributed by atoms with Crippen molar-refractivity contribution in [1.29, 1.82) is 0 Å². The second kappa shape index (κ2) is 7.16. The molecule has 2 saturated heterocycles. The molecule has 4 unspecified atom stereocenters. The molecule has 130 valence electrons. The Hall–Kier alpha value is -0.160. The molecule has 0 amide bonds. The molecule has 2 aliphatic heterocycles. The van der Waals surface area contributed by atoms with Gasteiger partial charge in [-0.1, -0.05) is 34.6 Å². The molecule has 2 fully saturated rings. The first kappa shape index (κ1) is 18.2. The van der Waals surface area contributed by atoms with Crippen LogP contribution in [0.3, 0.4) is 0 Å². The maximum Gasteiger partial charge on any atom is 0.0861 e. The highest BCUT2D eigenvalue weighted by atomic mass is 16.6. The van der Waals surface area contributed by atoms with E-state index in [-0.39, 0.29) is 35.2 Å². The van der Waals surface area contributed by atoms with Gasteiger partial charge < -0.3 is 18.9 Å². The lowest BCUT2D eigenvalue weighted by molar-refractivity contribution is -0.183. The van der Waals surface area contributed by atoms with Crippen LogP contribution in [-0.2, 0) is 18.9 Å². The number of ether oxygens (including phenoxy) is 4. The zero-order valence-corrected chi connectivity index (χ0v) is 15.2. The summed E-state index contributed by atoms with van der Waals surface area (Å²) >= 11 is 0. The first-order valence-electron chi connectivity index (χ1n) is 8.65. The van der Waals surface area contributed by atoms with Gasteiger partial charge in [-0.25, -0.2) is 0 Å². The quantitative estimate of drug-likeness (QED) is 0.796. The molecule has 0 aliphatic carbocycles. The van der Waals surface area contributed by atoms with E-state index in [9.17, 15) is 0 Å². The fourth-order valence-corrected chi connectivity index (χ4v) is 2.97. The van der Waals surface area contributed by atoms with Crippen molar-refractivity contribution in [2.75, 3.05) is 26.4 Å². The van der Waals surface area contributed by atoms with Crippen molar-refractivity contribution < 1.29 is 18.9 Å². The number of hydrogen-bond donors (Lipinski definition) is 0. The van der Waals surface area contributed by atoms with Gasteiger partial charge in [-0.2, -0.15) is 0 Å². The summed E-state index contributed by atoms with van der Waals surface area (Å²) in [6.07, 6.45) is 2.83. The van der Waals surface area contributed by atoms with Gasteiger partial charge in [0.2, 0.25) is 0 Å². The second-order valence-electron chi connectivity index (χ2n) is 8.64. The maximum atomic E-state index is 6.25. The largest absolute Gasteiger partial charge is 0.376 e. The Morgan fingerprint density at radius 1 is 0.864 bits per heavy atom. The van der Waals surface area contributed by atoms with Crippen LogP contribution in [0.1, 0.15) is 54.4 Å². The summed E-state index contributed by atoms with van der Waals surface area (Å²) in [4.78, 5) is 0. The smallest absolute Gasteiger partial charge is 0.0861 e. The zero-order chi connectivity index (χ0) is 16.4. The predicted molar refractivity (Wildman–Crippen MR) is 87.1 cm³/mol. The van der Waals surface area contributed by atoms with Crippen LogP contribution in [-0.4, -0.2) is 50.8 Å². The zero-order valence-electron chi connectivity index (χ0n) is 15.2. The molecule has 0 aromatic carbocycles. The van der Waals surface area contributed by atoms with Crippen molar-refractivity contribution in [3.8, 4) is 0 Å². The molecule has 0 radical (unpaired) electrons. The van der Waals surface area contributed by atoms with Gasteiger partial charge in [0.25, 0.3) is 0 Å². The molecule has 0 bridgehead atoms. The lowest BCUT2D eigenvalue weighted by Gasteiger charge is -2.41. The van der Waals surface area contributed by atoms with Crippen LogP contribution in [0.4, 0.5) is 0 Å². The molecule has 2 aliphatic rings.